The summed E-state index contributed by atoms with van der Waals surface area (Å²) in [6.45, 7) is 4.54. The van der Waals surface area contributed by atoms with Crippen molar-refractivity contribution in [3.05, 3.63) is 0 Å². The summed E-state index contributed by atoms with van der Waals surface area (Å²) in [6, 6.07) is 0.152. The van der Waals surface area contributed by atoms with Gasteiger partial charge in [0.05, 0.1) is 7.11 Å². The number of hydroxylamine groups is 1. The van der Waals surface area contributed by atoms with Crippen LogP contribution in [0, 0.1) is 0 Å². The molecule has 1 aliphatic heterocycles. The molecule has 0 bridgehead atoms. The Labute approximate surface area is 78.4 Å². The summed E-state index contributed by atoms with van der Waals surface area (Å²) < 4.78 is 0. The highest BCUT2D eigenvalue weighted by Gasteiger charge is 2.24. The Bertz CT molecular complexity index is 169. The number of carbonyl (C=O) groups is 1. The Morgan fingerprint density at radius 3 is 3.00 bits per heavy atom. The van der Waals surface area contributed by atoms with Gasteiger partial charge >= 0.3 is 6.03 Å². The summed E-state index contributed by atoms with van der Waals surface area (Å²) in [6.07, 6.45) is 1.02. The molecule has 5 nitrogen and oxygen atoms in total. The van der Waals surface area contributed by atoms with Crippen LogP contribution in [-0.2, 0) is 4.84 Å². The van der Waals surface area contributed by atoms with Crippen molar-refractivity contribution in [3.8, 4) is 0 Å². The molecule has 0 spiro atoms. The maximum atomic E-state index is 11.4. The fraction of sp³-hybridized carbons (Fsp3) is 0.875. The summed E-state index contributed by atoms with van der Waals surface area (Å²) in [5, 5.41) is 3.22. The molecule has 0 aromatic heterocycles. The quantitative estimate of drug-likeness (QED) is 0.609. The van der Waals surface area contributed by atoms with E-state index in [-0.39, 0.29) is 6.03 Å². The number of nitrogens with zero attached hydrogens (tertiary/aromatic N) is 1. The number of carbonyl (C=O) groups excluding carboxylic acids is 1. The van der Waals surface area contributed by atoms with Gasteiger partial charge in [0.1, 0.15) is 0 Å². The number of rotatable bonds is 3. The molecular weight excluding hydrogens is 170 g/mol. The van der Waals surface area contributed by atoms with Gasteiger partial charge in [-0.05, 0) is 19.9 Å². The van der Waals surface area contributed by atoms with Gasteiger partial charge in [0.2, 0.25) is 0 Å². The molecule has 1 heterocycles. The number of likely N-dealkylation sites (N-methyl/N-ethyl adjacent to an activating group) is 1. The lowest BCUT2D eigenvalue weighted by atomic mass is 10.2. The molecule has 0 aliphatic carbocycles. The van der Waals surface area contributed by atoms with Crippen LogP contribution in [0.4, 0.5) is 4.79 Å². The first kappa shape index (κ1) is 10.3. The first-order valence-corrected chi connectivity index (χ1v) is 4.60. The third kappa shape index (κ3) is 2.57. The van der Waals surface area contributed by atoms with E-state index in [1.165, 1.54) is 7.11 Å². The van der Waals surface area contributed by atoms with Crippen molar-refractivity contribution in [2.24, 2.45) is 0 Å². The number of hydrogen-bond acceptors (Lipinski definition) is 3. The van der Waals surface area contributed by atoms with Crippen molar-refractivity contribution in [1.82, 2.24) is 15.7 Å². The molecule has 1 atom stereocenters. The van der Waals surface area contributed by atoms with E-state index in [1.807, 2.05) is 6.92 Å². The zero-order chi connectivity index (χ0) is 9.68. The average Bonchev–Trinajstić information content (AvgIpc) is 2.59. The lowest BCUT2D eigenvalue weighted by Crippen LogP contribution is -2.46. The van der Waals surface area contributed by atoms with Gasteiger partial charge in [-0.15, -0.1) is 0 Å². The van der Waals surface area contributed by atoms with Gasteiger partial charge in [-0.2, -0.15) is 0 Å². The topological polar surface area (TPSA) is 53.6 Å². The third-order valence-electron chi connectivity index (χ3n) is 2.27. The maximum Gasteiger partial charge on any atom is 0.341 e. The van der Waals surface area contributed by atoms with Crippen molar-refractivity contribution in [2.75, 3.05) is 26.7 Å². The fourth-order valence-electron chi connectivity index (χ4n) is 1.62. The van der Waals surface area contributed by atoms with E-state index in [0.717, 1.165) is 19.5 Å². The molecule has 5 heteroatoms. The largest absolute Gasteiger partial charge is 0.341 e. The molecule has 1 fully saturated rings. The fourth-order valence-corrected chi connectivity index (χ4v) is 1.62. The second-order valence-electron chi connectivity index (χ2n) is 3.04. The molecule has 0 saturated carbocycles. The minimum Gasteiger partial charge on any atom is -0.319 e. The van der Waals surface area contributed by atoms with Crippen LogP contribution in [0.2, 0.25) is 0 Å². The van der Waals surface area contributed by atoms with Crippen LogP contribution in [0.25, 0.3) is 0 Å². The van der Waals surface area contributed by atoms with E-state index in [9.17, 15) is 4.79 Å². The van der Waals surface area contributed by atoms with Crippen LogP contribution >= 0.6 is 0 Å². The number of hydrogen-bond donors (Lipinski definition) is 2. The molecule has 0 aromatic carbocycles. The van der Waals surface area contributed by atoms with Crippen LogP contribution in [0.3, 0.4) is 0 Å². The first-order valence-electron chi connectivity index (χ1n) is 4.60. The van der Waals surface area contributed by atoms with E-state index in [2.05, 4.69) is 15.6 Å². The number of nitrogens with one attached hydrogen (secondary N) is 2. The first-order chi connectivity index (χ1) is 6.29. The summed E-state index contributed by atoms with van der Waals surface area (Å²) in [5.41, 5.74) is 2.33. The van der Waals surface area contributed by atoms with E-state index < -0.39 is 0 Å². The minimum atomic E-state index is -0.154. The Morgan fingerprint density at radius 2 is 2.54 bits per heavy atom. The van der Waals surface area contributed by atoms with E-state index in [0.29, 0.717) is 12.6 Å². The van der Waals surface area contributed by atoms with Crippen LogP contribution < -0.4 is 10.8 Å². The van der Waals surface area contributed by atoms with Gasteiger partial charge in [-0.25, -0.2) is 10.3 Å². The normalized spacial score (nSPS) is 21.5. The molecule has 1 aliphatic rings. The van der Waals surface area contributed by atoms with E-state index in [4.69, 9.17) is 0 Å². The van der Waals surface area contributed by atoms with Crippen LogP contribution in [-0.4, -0.2) is 43.7 Å². The van der Waals surface area contributed by atoms with Gasteiger partial charge < -0.3 is 10.2 Å². The highest BCUT2D eigenvalue weighted by atomic mass is 16.6. The highest BCUT2D eigenvalue weighted by Crippen LogP contribution is 2.07. The molecule has 2 N–H and O–H groups in total. The average molecular weight is 187 g/mol. The van der Waals surface area contributed by atoms with Crippen molar-refractivity contribution < 1.29 is 9.63 Å². The smallest absolute Gasteiger partial charge is 0.319 e. The molecule has 1 unspecified atom stereocenters. The van der Waals surface area contributed by atoms with Gasteiger partial charge in [-0.1, -0.05) is 0 Å². The lowest BCUT2D eigenvalue weighted by molar-refractivity contribution is 0.0808. The summed E-state index contributed by atoms with van der Waals surface area (Å²) in [5.74, 6) is 0. The Morgan fingerprint density at radius 1 is 1.77 bits per heavy atom. The van der Waals surface area contributed by atoms with Gasteiger partial charge in [0.15, 0.2) is 0 Å². The molecule has 0 aromatic rings. The molecule has 1 saturated heterocycles. The predicted octanol–water partition coefficient (Wildman–Crippen LogP) is -0.0588. The summed E-state index contributed by atoms with van der Waals surface area (Å²) in [4.78, 5) is 17.8. The Hall–Kier alpha value is -0.810. The monoisotopic (exact) mass is 187 g/mol. The summed E-state index contributed by atoms with van der Waals surface area (Å²) in [7, 11) is 1.44. The molecule has 0 radical (unpaired) electrons. The van der Waals surface area contributed by atoms with Crippen LogP contribution in [0.5, 0.6) is 0 Å². The zero-order valence-corrected chi connectivity index (χ0v) is 8.17. The van der Waals surface area contributed by atoms with Crippen molar-refractivity contribution in [1.29, 1.82) is 0 Å². The van der Waals surface area contributed by atoms with Crippen LogP contribution in [0.1, 0.15) is 13.3 Å². The standard InChI is InChI=1S/C8H17N3O2/c1-3-11(8(12)10-13-2)7-4-5-9-6-7/h7,9H,3-6H2,1-2H3,(H,10,12). The second kappa shape index (κ2) is 5.04. The molecule has 2 amide bonds. The minimum absolute atomic E-state index is 0.154. The zero-order valence-electron chi connectivity index (χ0n) is 8.17. The molecule has 1 rings (SSSR count). The highest BCUT2D eigenvalue weighted by molar-refractivity contribution is 5.73. The third-order valence-corrected chi connectivity index (χ3v) is 2.27. The Balaban J connectivity index is 2.44. The predicted molar refractivity (Wildman–Crippen MR) is 49.2 cm³/mol. The van der Waals surface area contributed by atoms with Gasteiger partial charge in [0, 0.05) is 19.1 Å². The van der Waals surface area contributed by atoms with Gasteiger partial charge in [0.25, 0.3) is 0 Å². The number of urea groups is 1. The van der Waals surface area contributed by atoms with Crippen LogP contribution in [0.15, 0.2) is 0 Å². The molecule has 13 heavy (non-hydrogen) atoms. The lowest BCUT2D eigenvalue weighted by Gasteiger charge is -2.26. The van der Waals surface area contributed by atoms with Crippen molar-refractivity contribution in [2.45, 2.75) is 19.4 Å². The SMILES string of the molecule is CCN(C(=O)NOC)C1CCNC1. The second-order valence-corrected chi connectivity index (χ2v) is 3.04. The van der Waals surface area contributed by atoms with Crippen molar-refractivity contribution >= 4 is 6.03 Å². The van der Waals surface area contributed by atoms with Crippen molar-refractivity contribution in [3.63, 3.8) is 0 Å². The van der Waals surface area contributed by atoms with E-state index in [1.54, 1.807) is 4.90 Å². The molecule has 76 valence electrons. The Kier molecular flexibility index (Phi) is 3.98. The maximum absolute atomic E-state index is 11.4. The van der Waals surface area contributed by atoms with Gasteiger partial charge in [-0.3, -0.25) is 4.84 Å². The summed E-state index contributed by atoms with van der Waals surface area (Å²) >= 11 is 0. The number of amides is 2. The van der Waals surface area contributed by atoms with E-state index >= 15 is 0 Å². The molecular formula is C8H17N3O2.